The van der Waals surface area contributed by atoms with Gasteiger partial charge in [-0.25, -0.2) is 18.0 Å². The molecule has 3 aromatic rings. The van der Waals surface area contributed by atoms with Crippen molar-refractivity contribution in [3.05, 3.63) is 114 Å². The van der Waals surface area contributed by atoms with Crippen molar-refractivity contribution < 1.29 is 38.4 Å². The lowest BCUT2D eigenvalue weighted by Gasteiger charge is -2.25. The van der Waals surface area contributed by atoms with Crippen LogP contribution < -0.4 is 5.32 Å². The molecule has 0 radical (unpaired) electrons. The fourth-order valence-electron chi connectivity index (χ4n) is 3.87. The van der Waals surface area contributed by atoms with E-state index in [2.05, 4.69) is 29.6 Å². The van der Waals surface area contributed by atoms with Crippen LogP contribution in [0.2, 0.25) is 0 Å². The number of nitrogens with one attached hydrogen (secondary N) is 1. The minimum absolute atomic E-state index is 0.195. The molecule has 5 N–H and O–H groups in total. The van der Waals surface area contributed by atoms with Crippen molar-refractivity contribution in [2.75, 3.05) is 19.4 Å². The second-order valence-electron chi connectivity index (χ2n) is 8.70. The molecule has 3 aromatic carbocycles. The molecule has 0 fully saturated rings. The second-order valence-corrected chi connectivity index (χ2v) is 10.7. The number of carboxylic acids is 2. The number of aliphatic hydroxyl groups is 2. The molecule has 0 unspecified atom stereocenters. The van der Waals surface area contributed by atoms with E-state index in [-0.39, 0.29) is 17.4 Å². The summed E-state index contributed by atoms with van der Waals surface area (Å²) in [6.45, 7) is 0.356. The summed E-state index contributed by atoms with van der Waals surface area (Å²) in [6, 6.07) is 26.1. The standard InChI is InChI=1S/C25H29NO4S.C4H4O4/c1-31(29,30)22-14-12-21(13-15-22)25(28)24(18-27)26-17-16-23(19-8-4-2-5-9-19)20-10-6-3-7-11-20;5-3(6)1-2-4(7)8/h2-15,23-28H,16-18H2,1H3;1-2H,(H,5,6)(H,7,8)/b;2-1-/t24-,25-;/m1./s1. The number of rotatable bonds is 12. The van der Waals surface area contributed by atoms with E-state index in [1.165, 1.54) is 23.3 Å². The van der Waals surface area contributed by atoms with E-state index in [4.69, 9.17) is 10.2 Å². The molecule has 0 spiro atoms. The fourth-order valence-corrected chi connectivity index (χ4v) is 4.50. The molecule has 0 saturated heterocycles. The summed E-state index contributed by atoms with van der Waals surface area (Å²) in [7, 11) is -3.29. The third-order valence-electron chi connectivity index (χ3n) is 5.84. The van der Waals surface area contributed by atoms with E-state index in [0.717, 1.165) is 12.7 Å². The van der Waals surface area contributed by atoms with Crippen molar-refractivity contribution in [3.8, 4) is 0 Å². The van der Waals surface area contributed by atoms with Crippen LogP contribution >= 0.6 is 0 Å². The zero-order valence-electron chi connectivity index (χ0n) is 21.4. The second kappa shape index (κ2) is 15.6. The van der Waals surface area contributed by atoms with E-state index >= 15 is 0 Å². The maximum Gasteiger partial charge on any atom is 0.328 e. The highest BCUT2D eigenvalue weighted by atomic mass is 32.2. The summed E-state index contributed by atoms with van der Waals surface area (Å²) < 4.78 is 23.3. The average Bonchev–Trinajstić information content (AvgIpc) is 2.92. The largest absolute Gasteiger partial charge is 0.478 e. The Balaban J connectivity index is 0.000000580. The lowest BCUT2D eigenvalue weighted by Crippen LogP contribution is -2.39. The molecule has 0 aliphatic rings. The first-order valence-electron chi connectivity index (χ1n) is 12.1. The van der Waals surface area contributed by atoms with Crippen molar-refractivity contribution in [1.29, 1.82) is 0 Å². The molecule has 39 heavy (non-hydrogen) atoms. The maximum atomic E-state index is 11.6. The molecule has 0 aliphatic heterocycles. The Kier molecular flexibility index (Phi) is 12.5. The van der Waals surface area contributed by atoms with Crippen LogP contribution in [0.5, 0.6) is 0 Å². The van der Waals surface area contributed by atoms with Gasteiger partial charge in [-0.15, -0.1) is 0 Å². The number of sulfone groups is 1. The van der Waals surface area contributed by atoms with Crippen molar-refractivity contribution in [1.82, 2.24) is 5.32 Å². The minimum atomic E-state index is -3.29. The molecule has 3 rings (SSSR count). The van der Waals surface area contributed by atoms with Gasteiger partial charge in [0.25, 0.3) is 0 Å². The van der Waals surface area contributed by atoms with Gasteiger partial charge in [0.1, 0.15) is 0 Å². The van der Waals surface area contributed by atoms with E-state index < -0.39 is 33.9 Å². The molecule has 0 heterocycles. The number of hydrogen-bond acceptors (Lipinski definition) is 7. The summed E-state index contributed by atoms with van der Waals surface area (Å²) in [5.74, 6) is -2.32. The highest BCUT2D eigenvalue weighted by molar-refractivity contribution is 7.90. The van der Waals surface area contributed by atoms with Crippen molar-refractivity contribution >= 4 is 21.8 Å². The molecular weight excluding hydrogens is 522 g/mol. The molecular formula is C29H33NO8S. The van der Waals surface area contributed by atoms with Crippen LogP contribution in [-0.2, 0) is 19.4 Å². The molecule has 0 bridgehead atoms. The summed E-state index contributed by atoms with van der Waals surface area (Å²) >= 11 is 0. The van der Waals surface area contributed by atoms with E-state index in [1.807, 2.05) is 36.4 Å². The summed E-state index contributed by atoms with van der Waals surface area (Å²) in [4.78, 5) is 19.3. The third-order valence-corrected chi connectivity index (χ3v) is 6.97. The zero-order valence-corrected chi connectivity index (χ0v) is 22.2. The van der Waals surface area contributed by atoms with Gasteiger partial charge in [-0.05, 0) is 41.8 Å². The van der Waals surface area contributed by atoms with Crippen LogP contribution in [0.15, 0.2) is 102 Å². The fraction of sp³-hybridized carbons (Fsp3) is 0.241. The van der Waals surface area contributed by atoms with Gasteiger partial charge in [0.2, 0.25) is 0 Å². The average molecular weight is 556 g/mol. The van der Waals surface area contributed by atoms with Crippen molar-refractivity contribution in [2.45, 2.75) is 29.4 Å². The molecule has 0 amide bonds. The van der Waals surface area contributed by atoms with Gasteiger partial charge >= 0.3 is 11.9 Å². The van der Waals surface area contributed by atoms with Crippen LogP contribution in [0.1, 0.15) is 35.1 Å². The smallest absolute Gasteiger partial charge is 0.328 e. The molecule has 2 atom stereocenters. The third kappa shape index (κ3) is 10.8. The maximum absolute atomic E-state index is 11.6. The molecule has 9 nitrogen and oxygen atoms in total. The van der Waals surface area contributed by atoms with E-state index in [0.29, 0.717) is 24.3 Å². The Labute approximate surface area is 228 Å². The molecule has 208 valence electrons. The number of carbonyl (C=O) groups is 2. The van der Waals surface area contributed by atoms with Crippen LogP contribution in [0.3, 0.4) is 0 Å². The van der Waals surface area contributed by atoms with Gasteiger partial charge in [0.15, 0.2) is 9.84 Å². The molecule has 0 saturated carbocycles. The van der Waals surface area contributed by atoms with Gasteiger partial charge in [0.05, 0.1) is 23.6 Å². The lowest BCUT2D eigenvalue weighted by molar-refractivity contribution is -0.134. The van der Waals surface area contributed by atoms with Crippen LogP contribution in [0.25, 0.3) is 0 Å². The zero-order chi connectivity index (χ0) is 28.8. The number of benzene rings is 3. The predicted octanol–water partition coefficient (Wildman–Crippen LogP) is 3.01. The van der Waals surface area contributed by atoms with E-state index in [9.17, 15) is 28.2 Å². The Morgan fingerprint density at radius 3 is 1.64 bits per heavy atom. The Bertz CT molecular complexity index is 1250. The normalized spacial score (nSPS) is 12.9. The number of hydrogen-bond donors (Lipinski definition) is 5. The first-order chi connectivity index (χ1) is 18.5. The van der Waals surface area contributed by atoms with Gasteiger partial charge in [-0.3, -0.25) is 0 Å². The highest BCUT2D eigenvalue weighted by Gasteiger charge is 2.21. The van der Waals surface area contributed by atoms with Crippen LogP contribution in [-0.4, -0.2) is 66.2 Å². The topological polar surface area (TPSA) is 161 Å². The number of carboxylic acid groups (broad SMARTS) is 2. The van der Waals surface area contributed by atoms with Crippen LogP contribution in [0.4, 0.5) is 0 Å². The summed E-state index contributed by atoms with van der Waals surface area (Å²) in [6.07, 6.45) is 2.10. The monoisotopic (exact) mass is 555 g/mol. The lowest BCUT2D eigenvalue weighted by atomic mass is 9.88. The van der Waals surface area contributed by atoms with Gasteiger partial charge in [-0.1, -0.05) is 72.8 Å². The van der Waals surface area contributed by atoms with Crippen molar-refractivity contribution in [3.63, 3.8) is 0 Å². The van der Waals surface area contributed by atoms with Gasteiger partial charge in [-0.2, -0.15) is 0 Å². The Hall–Kier alpha value is -3.83. The minimum Gasteiger partial charge on any atom is -0.478 e. The first-order valence-corrected chi connectivity index (χ1v) is 14.0. The first kappa shape index (κ1) is 31.4. The van der Waals surface area contributed by atoms with Crippen LogP contribution in [0, 0.1) is 0 Å². The van der Waals surface area contributed by atoms with Gasteiger partial charge in [0, 0.05) is 24.3 Å². The highest BCUT2D eigenvalue weighted by Crippen LogP contribution is 2.28. The quantitative estimate of drug-likeness (QED) is 0.212. The molecule has 0 aliphatic carbocycles. The van der Waals surface area contributed by atoms with E-state index in [1.54, 1.807) is 12.1 Å². The molecule has 10 heteroatoms. The predicted molar refractivity (Wildman–Crippen MR) is 147 cm³/mol. The summed E-state index contributed by atoms with van der Waals surface area (Å²) in [5.41, 5.74) is 2.99. The Morgan fingerprint density at radius 2 is 1.26 bits per heavy atom. The SMILES string of the molecule is CS(=O)(=O)c1ccc([C@@H](O)[C@@H](CO)NCCC(c2ccccc2)c2ccccc2)cc1.O=C(O)/C=C\C(=O)O. The summed E-state index contributed by atoms with van der Waals surface area (Å²) in [5, 5.41) is 39.4. The number of aliphatic carboxylic acids is 2. The molecule has 0 aromatic heterocycles. The number of aliphatic hydroxyl groups excluding tert-OH is 2. The Morgan fingerprint density at radius 1 is 0.795 bits per heavy atom. The van der Waals surface area contributed by atoms with Crippen molar-refractivity contribution in [2.24, 2.45) is 0 Å². The van der Waals surface area contributed by atoms with Gasteiger partial charge < -0.3 is 25.7 Å².